The normalized spacial score (nSPS) is 12.8. The molecule has 0 amide bonds. The highest BCUT2D eigenvalue weighted by atomic mass is 16.6. The molecule has 0 heterocycles. The maximum Gasteiger partial charge on any atom is 0.306 e. The number of unbranched alkanes of at least 4 members (excludes halogenated alkanes) is 27. The average molecular weight is 1040 g/mol. The minimum atomic E-state index is -0.813. The Morgan fingerprint density at radius 3 is 0.920 bits per heavy atom. The van der Waals surface area contributed by atoms with Crippen molar-refractivity contribution in [2.45, 2.75) is 297 Å². The Bertz CT molecular complexity index is 1520. The second-order valence-corrected chi connectivity index (χ2v) is 20.6. The van der Waals surface area contributed by atoms with Gasteiger partial charge in [-0.15, -0.1) is 0 Å². The first-order chi connectivity index (χ1) is 37.0. The summed E-state index contributed by atoms with van der Waals surface area (Å²) in [5.41, 5.74) is 0. The van der Waals surface area contributed by atoms with Crippen molar-refractivity contribution >= 4 is 17.9 Å². The molecule has 0 saturated carbocycles. The minimum absolute atomic E-state index is 0.105. The van der Waals surface area contributed by atoms with Crippen molar-refractivity contribution in [2.24, 2.45) is 0 Å². The zero-order valence-electron chi connectivity index (χ0n) is 49.0. The highest BCUT2D eigenvalue weighted by Gasteiger charge is 2.19. The Hall–Kier alpha value is -3.93. The third kappa shape index (κ3) is 60.8. The molecule has 0 bridgehead atoms. The van der Waals surface area contributed by atoms with Gasteiger partial charge in [0.15, 0.2) is 6.10 Å². The Kier molecular flexibility index (Phi) is 59.3. The van der Waals surface area contributed by atoms with E-state index in [1.54, 1.807) is 0 Å². The summed E-state index contributed by atoms with van der Waals surface area (Å²) >= 11 is 0. The van der Waals surface area contributed by atoms with E-state index in [4.69, 9.17) is 14.2 Å². The zero-order valence-corrected chi connectivity index (χ0v) is 49.0. The van der Waals surface area contributed by atoms with Gasteiger partial charge in [0.25, 0.3) is 0 Å². The van der Waals surface area contributed by atoms with E-state index in [1.807, 2.05) is 6.08 Å². The van der Waals surface area contributed by atoms with Crippen molar-refractivity contribution in [3.8, 4) is 0 Å². The predicted molar refractivity (Wildman–Crippen MR) is 325 cm³/mol. The van der Waals surface area contributed by atoms with Gasteiger partial charge in [0.2, 0.25) is 0 Å². The summed E-state index contributed by atoms with van der Waals surface area (Å²) in [6.45, 7) is 6.43. The van der Waals surface area contributed by atoms with Gasteiger partial charge in [0.05, 0.1) is 0 Å². The predicted octanol–water partition coefficient (Wildman–Crippen LogP) is 21.4. The third-order valence-corrected chi connectivity index (χ3v) is 13.2. The molecule has 6 nitrogen and oxygen atoms in total. The van der Waals surface area contributed by atoms with E-state index in [1.165, 1.54) is 161 Å². The van der Waals surface area contributed by atoms with Gasteiger partial charge < -0.3 is 14.2 Å². The van der Waals surface area contributed by atoms with Gasteiger partial charge in [-0.1, -0.05) is 265 Å². The molecule has 428 valence electrons. The minimum Gasteiger partial charge on any atom is -0.462 e. The molecule has 0 fully saturated rings. The molecule has 0 aromatic carbocycles. The summed E-state index contributed by atoms with van der Waals surface area (Å²) in [5.74, 6) is -0.993. The molecule has 0 aliphatic heterocycles. The Balaban J connectivity index is 4.38. The van der Waals surface area contributed by atoms with Crippen LogP contribution in [0.3, 0.4) is 0 Å². The first-order valence-corrected chi connectivity index (χ1v) is 31.4. The van der Waals surface area contributed by atoms with E-state index in [9.17, 15) is 14.4 Å². The van der Waals surface area contributed by atoms with E-state index < -0.39 is 6.10 Å². The van der Waals surface area contributed by atoms with Crippen molar-refractivity contribution in [3.63, 3.8) is 0 Å². The maximum atomic E-state index is 12.9. The molecule has 0 saturated heterocycles. The number of ether oxygens (including phenoxy) is 3. The van der Waals surface area contributed by atoms with Gasteiger partial charge in [-0.3, -0.25) is 14.4 Å². The van der Waals surface area contributed by atoms with Crippen LogP contribution in [-0.4, -0.2) is 37.2 Å². The number of carbonyl (C=O) groups is 3. The van der Waals surface area contributed by atoms with Gasteiger partial charge in [0, 0.05) is 19.3 Å². The average Bonchev–Trinajstić information content (AvgIpc) is 3.41. The van der Waals surface area contributed by atoms with Gasteiger partial charge >= 0.3 is 17.9 Å². The van der Waals surface area contributed by atoms with Crippen LogP contribution in [0.15, 0.2) is 109 Å². The molecular weight excluding hydrogens is 925 g/mol. The lowest BCUT2D eigenvalue weighted by Crippen LogP contribution is -2.30. The smallest absolute Gasteiger partial charge is 0.306 e. The fourth-order valence-corrected chi connectivity index (χ4v) is 8.55. The Morgan fingerprint density at radius 2 is 0.547 bits per heavy atom. The molecule has 0 N–H and O–H groups in total. The second kappa shape index (κ2) is 62.6. The standard InChI is InChI=1S/C69H116O6/c1-4-7-10-13-16-19-22-25-27-29-31-32-33-34-35-36-38-39-41-44-47-50-53-56-59-62-68(71)74-65-66(64-73-67(70)61-58-55-52-49-46-43-24-21-18-15-12-9-6-3)75-69(72)63-60-57-54-51-48-45-42-40-37-30-28-26-23-20-17-14-11-8-5-2/h9,12,17-18,20-22,25-26,28-29,31,33-34,43,46,52,55,66H,4-8,10-11,13-16,19,23-24,27,30,32,35-42,44-45,47-51,53-54,56-65H2,1-3H3/b12-9-,20-17-,21-18-,25-22-,28-26-,31-29-,34-33-,46-43-,55-52-. The van der Waals surface area contributed by atoms with Crippen LogP contribution in [0.5, 0.6) is 0 Å². The van der Waals surface area contributed by atoms with E-state index >= 15 is 0 Å². The van der Waals surface area contributed by atoms with Crippen molar-refractivity contribution in [3.05, 3.63) is 109 Å². The number of rotatable bonds is 56. The molecule has 0 spiro atoms. The van der Waals surface area contributed by atoms with Crippen LogP contribution < -0.4 is 0 Å². The summed E-state index contributed by atoms with van der Waals surface area (Å²) in [7, 11) is 0. The van der Waals surface area contributed by atoms with E-state index in [-0.39, 0.29) is 37.5 Å². The van der Waals surface area contributed by atoms with Crippen LogP contribution in [0.25, 0.3) is 0 Å². The van der Waals surface area contributed by atoms with Gasteiger partial charge in [-0.25, -0.2) is 0 Å². The van der Waals surface area contributed by atoms with Crippen LogP contribution in [0.2, 0.25) is 0 Å². The largest absolute Gasteiger partial charge is 0.462 e. The van der Waals surface area contributed by atoms with Gasteiger partial charge in [-0.05, 0) is 116 Å². The lowest BCUT2D eigenvalue weighted by atomic mass is 10.0. The van der Waals surface area contributed by atoms with Crippen LogP contribution in [0.4, 0.5) is 0 Å². The second-order valence-electron chi connectivity index (χ2n) is 20.6. The number of carbonyl (C=O) groups excluding carboxylic acids is 3. The molecule has 0 aliphatic rings. The molecule has 6 heteroatoms. The molecule has 0 aromatic heterocycles. The fraction of sp³-hybridized carbons (Fsp3) is 0.696. The lowest BCUT2D eigenvalue weighted by Gasteiger charge is -2.18. The van der Waals surface area contributed by atoms with E-state index in [2.05, 4.69) is 124 Å². The topological polar surface area (TPSA) is 78.9 Å². The highest BCUT2D eigenvalue weighted by molar-refractivity contribution is 5.71. The summed E-state index contributed by atoms with van der Waals surface area (Å²) < 4.78 is 16.8. The first-order valence-electron chi connectivity index (χ1n) is 31.4. The number of hydrogen-bond donors (Lipinski definition) is 0. The monoisotopic (exact) mass is 1040 g/mol. The van der Waals surface area contributed by atoms with Crippen molar-refractivity contribution in [1.82, 2.24) is 0 Å². The van der Waals surface area contributed by atoms with Crippen molar-refractivity contribution < 1.29 is 28.6 Å². The summed E-state index contributed by atoms with van der Waals surface area (Å²) in [6.07, 6.45) is 85.3. The maximum absolute atomic E-state index is 12.9. The molecular formula is C69H116O6. The molecule has 1 unspecified atom stereocenters. The van der Waals surface area contributed by atoms with E-state index in [0.29, 0.717) is 19.3 Å². The van der Waals surface area contributed by atoms with Gasteiger partial charge in [-0.2, -0.15) is 0 Å². The highest BCUT2D eigenvalue weighted by Crippen LogP contribution is 2.15. The summed E-state index contributed by atoms with van der Waals surface area (Å²) in [6, 6.07) is 0. The molecule has 1 atom stereocenters. The molecule has 0 radical (unpaired) electrons. The molecule has 0 aromatic rings. The van der Waals surface area contributed by atoms with Crippen LogP contribution in [0, 0.1) is 0 Å². The molecule has 75 heavy (non-hydrogen) atoms. The molecule has 0 rings (SSSR count). The first kappa shape index (κ1) is 71.1. The van der Waals surface area contributed by atoms with Crippen LogP contribution in [-0.2, 0) is 28.6 Å². The number of allylic oxidation sites excluding steroid dienone is 18. The summed E-state index contributed by atoms with van der Waals surface area (Å²) in [4.78, 5) is 38.2. The lowest BCUT2D eigenvalue weighted by molar-refractivity contribution is -0.166. The van der Waals surface area contributed by atoms with Crippen LogP contribution >= 0.6 is 0 Å². The fourth-order valence-electron chi connectivity index (χ4n) is 8.55. The Morgan fingerprint density at radius 1 is 0.280 bits per heavy atom. The zero-order chi connectivity index (χ0) is 54.3. The van der Waals surface area contributed by atoms with Crippen LogP contribution in [0.1, 0.15) is 290 Å². The number of esters is 3. The Labute approximate surface area is 463 Å². The van der Waals surface area contributed by atoms with Crippen molar-refractivity contribution in [1.29, 1.82) is 0 Å². The van der Waals surface area contributed by atoms with Gasteiger partial charge in [0.1, 0.15) is 13.2 Å². The SMILES string of the molecule is CC/C=C\C/C=C\C/C=C\C/C=C\CCC(=O)OCC(COC(=O)CCCCCCCCCCCC/C=C\C/C=C\C/C=C\CCCCCCC)OC(=O)CCCCCCCCCCC/C=C\C/C=C\CCCCC. The van der Waals surface area contributed by atoms with E-state index in [0.717, 1.165) is 83.5 Å². The van der Waals surface area contributed by atoms with Crippen molar-refractivity contribution in [2.75, 3.05) is 13.2 Å². The number of hydrogen-bond acceptors (Lipinski definition) is 6. The molecule has 0 aliphatic carbocycles. The quantitative estimate of drug-likeness (QED) is 0.0261. The third-order valence-electron chi connectivity index (χ3n) is 13.2. The summed E-state index contributed by atoms with van der Waals surface area (Å²) in [5, 5.41) is 0.